The lowest BCUT2D eigenvalue weighted by Crippen LogP contribution is -2.52. The van der Waals surface area contributed by atoms with E-state index in [1.807, 2.05) is 0 Å². The highest BCUT2D eigenvalue weighted by molar-refractivity contribution is 5.67. The van der Waals surface area contributed by atoms with Crippen LogP contribution in [-0.2, 0) is 4.79 Å². The van der Waals surface area contributed by atoms with Gasteiger partial charge in [-0.05, 0) is 25.2 Å². The quantitative estimate of drug-likeness (QED) is 0.659. The molecule has 2 aliphatic rings. The van der Waals surface area contributed by atoms with Crippen LogP contribution in [0.1, 0.15) is 38.5 Å². The molecule has 2 atom stereocenters. The van der Waals surface area contributed by atoms with Gasteiger partial charge in [0, 0.05) is 44.7 Å². The molecule has 0 spiro atoms. The Kier molecular flexibility index (Phi) is 5.60. The predicted octanol–water partition coefficient (Wildman–Crippen LogP) is 0.643. The van der Waals surface area contributed by atoms with Crippen LogP contribution in [0.4, 0.5) is 0 Å². The van der Waals surface area contributed by atoms with E-state index in [1.54, 1.807) is 0 Å². The molecule has 2 unspecified atom stereocenters. The van der Waals surface area contributed by atoms with Gasteiger partial charge in [-0.3, -0.25) is 4.79 Å². The van der Waals surface area contributed by atoms with E-state index in [0.717, 1.165) is 26.1 Å². The molecule has 5 heteroatoms. The largest absolute Gasteiger partial charge is 0.481 e. The first-order chi connectivity index (χ1) is 9.17. The third-order valence-electron chi connectivity index (χ3n) is 4.35. The smallest absolute Gasteiger partial charge is 0.303 e. The minimum absolute atomic E-state index is 0.261. The summed E-state index contributed by atoms with van der Waals surface area (Å²) in [5, 5.41) is 12.7. The number of piperidine rings is 1. The number of nitrogens with two attached hydrogens (primary N) is 1. The molecule has 2 rings (SSSR count). The summed E-state index contributed by atoms with van der Waals surface area (Å²) < 4.78 is 0. The number of carbonyl (C=O) groups is 1. The standard InChI is InChI=1S/C14H27N3O2/c15-5-6-17-9-11(8-14(18)19)7-13(10-17)16-12-3-1-2-4-12/h11-13,16H,1-10,15H2,(H,18,19). The highest BCUT2D eigenvalue weighted by atomic mass is 16.4. The Bertz CT molecular complexity index is 292. The molecule has 0 aromatic rings. The first kappa shape index (κ1) is 14.8. The van der Waals surface area contributed by atoms with E-state index < -0.39 is 5.97 Å². The number of nitrogens with zero attached hydrogens (tertiary/aromatic N) is 1. The fourth-order valence-corrected chi connectivity index (χ4v) is 3.61. The number of hydrogen-bond donors (Lipinski definition) is 3. The fraction of sp³-hybridized carbons (Fsp3) is 0.929. The fourth-order valence-electron chi connectivity index (χ4n) is 3.61. The maximum atomic E-state index is 10.9. The number of carboxylic acids is 1. The number of nitrogens with one attached hydrogen (secondary N) is 1. The molecule has 5 nitrogen and oxygen atoms in total. The van der Waals surface area contributed by atoms with Crippen molar-refractivity contribution in [1.29, 1.82) is 0 Å². The van der Waals surface area contributed by atoms with Crippen molar-refractivity contribution < 1.29 is 9.90 Å². The number of hydrogen-bond acceptors (Lipinski definition) is 4. The van der Waals surface area contributed by atoms with Gasteiger partial charge in [-0.15, -0.1) is 0 Å². The van der Waals surface area contributed by atoms with Gasteiger partial charge in [-0.25, -0.2) is 0 Å². The first-order valence-electron chi connectivity index (χ1n) is 7.57. The van der Waals surface area contributed by atoms with Crippen molar-refractivity contribution in [2.24, 2.45) is 11.7 Å². The number of rotatable bonds is 6. The summed E-state index contributed by atoms with van der Waals surface area (Å²) >= 11 is 0. The van der Waals surface area contributed by atoms with E-state index >= 15 is 0 Å². The molecular weight excluding hydrogens is 242 g/mol. The average molecular weight is 269 g/mol. The summed E-state index contributed by atoms with van der Waals surface area (Å²) in [7, 11) is 0. The van der Waals surface area contributed by atoms with Crippen molar-refractivity contribution in [2.75, 3.05) is 26.2 Å². The van der Waals surface area contributed by atoms with E-state index in [1.165, 1.54) is 25.7 Å². The van der Waals surface area contributed by atoms with Crippen molar-refractivity contribution in [3.63, 3.8) is 0 Å². The summed E-state index contributed by atoms with van der Waals surface area (Å²) in [6, 6.07) is 1.08. The van der Waals surface area contributed by atoms with Crippen LogP contribution in [0.2, 0.25) is 0 Å². The molecule has 0 bridgehead atoms. The van der Waals surface area contributed by atoms with E-state index in [9.17, 15) is 4.79 Å². The molecule has 0 radical (unpaired) electrons. The van der Waals surface area contributed by atoms with Gasteiger partial charge in [0.15, 0.2) is 0 Å². The molecule has 4 N–H and O–H groups in total. The topological polar surface area (TPSA) is 78.6 Å². The summed E-state index contributed by atoms with van der Waals surface area (Å²) in [5.41, 5.74) is 5.64. The predicted molar refractivity (Wildman–Crippen MR) is 75.0 cm³/mol. The van der Waals surface area contributed by atoms with Gasteiger partial charge in [0.1, 0.15) is 0 Å². The van der Waals surface area contributed by atoms with Crippen LogP contribution in [0.25, 0.3) is 0 Å². The number of carboxylic acid groups (broad SMARTS) is 1. The van der Waals surface area contributed by atoms with Gasteiger partial charge in [0.25, 0.3) is 0 Å². The minimum atomic E-state index is -0.681. The van der Waals surface area contributed by atoms with Crippen molar-refractivity contribution in [1.82, 2.24) is 10.2 Å². The molecule has 19 heavy (non-hydrogen) atoms. The zero-order valence-corrected chi connectivity index (χ0v) is 11.7. The van der Waals surface area contributed by atoms with Gasteiger partial charge >= 0.3 is 5.97 Å². The Labute approximate surface area is 115 Å². The van der Waals surface area contributed by atoms with Crippen molar-refractivity contribution in [3.8, 4) is 0 Å². The lowest BCUT2D eigenvalue weighted by molar-refractivity contribution is -0.138. The minimum Gasteiger partial charge on any atom is -0.481 e. The van der Waals surface area contributed by atoms with E-state index in [0.29, 0.717) is 18.6 Å². The van der Waals surface area contributed by atoms with Gasteiger partial charge in [0.05, 0.1) is 0 Å². The Balaban J connectivity index is 1.87. The maximum Gasteiger partial charge on any atom is 0.303 e. The zero-order valence-electron chi connectivity index (χ0n) is 11.7. The molecule has 1 saturated carbocycles. The average Bonchev–Trinajstić information content (AvgIpc) is 2.81. The summed E-state index contributed by atoms with van der Waals surface area (Å²) in [5.74, 6) is -0.420. The summed E-state index contributed by atoms with van der Waals surface area (Å²) in [6.45, 7) is 3.42. The third kappa shape index (κ3) is 4.75. The van der Waals surface area contributed by atoms with Crippen LogP contribution in [0.3, 0.4) is 0 Å². The van der Waals surface area contributed by atoms with Crippen LogP contribution >= 0.6 is 0 Å². The molecule has 1 aliphatic carbocycles. The van der Waals surface area contributed by atoms with Gasteiger partial charge < -0.3 is 21.1 Å². The third-order valence-corrected chi connectivity index (χ3v) is 4.35. The zero-order chi connectivity index (χ0) is 13.7. The molecule has 1 heterocycles. The molecule has 1 aliphatic heterocycles. The molecule has 0 aromatic carbocycles. The van der Waals surface area contributed by atoms with Crippen LogP contribution in [-0.4, -0.2) is 54.2 Å². The summed E-state index contributed by atoms with van der Waals surface area (Å²) in [4.78, 5) is 13.2. The highest BCUT2D eigenvalue weighted by Crippen LogP contribution is 2.23. The second-order valence-electron chi connectivity index (χ2n) is 6.09. The van der Waals surface area contributed by atoms with Crippen molar-refractivity contribution in [2.45, 2.75) is 50.6 Å². The van der Waals surface area contributed by atoms with Crippen molar-refractivity contribution in [3.05, 3.63) is 0 Å². The molecule has 1 saturated heterocycles. The Morgan fingerprint density at radius 2 is 2.00 bits per heavy atom. The van der Waals surface area contributed by atoms with Crippen molar-refractivity contribution >= 4 is 5.97 Å². The molecule has 0 amide bonds. The second kappa shape index (κ2) is 7.22. The highest BCUT2D eigenvalue weighted by Gasteiger charge is 2.30. The molecule has 0 aromatic heterocycles. The molecule has 110 valence electrons. The van der Waals surface area contributed by atoms with E-state index in [-0.39, 0.29) is 12.3 Å². The lowest BCUT2D eigenvalue weighted by atomic mass is 9.91. The Hall–Kier alpha value is -0.650. The van der Waals surface area contributed by atoms with Gasteiger partial charge in [-0.1, -0.05) is 12.8 Å². The van der Waals surface area contributed by atoms with Gasteiger partial charge in [0.2, 0.25) is 0 Å². The van der Waals surface area contributed by atoms with Crippen LogP contribution in [0.5, 0.6) is 0 Å². The lowest BCUT2D eigenvalue weighted by Gasteiger charge is -2.38. The molecular formula is C14H27N3O2. The van der Waals surface area contributed by atoms with Crippen LogP contribution in [0.15, 0.2) is 0 Å². The van der Waals surface area contributed by atoms with Gasteiger partial charge in [-0.2, -0.15) is 0 Å². The number of aliphatic carboxylic acids is 1. The summed E-state index contributed by atoms with van der Waals surface area (Å²) in [6.07, 6.45) is 6.48. The maximum absolute atomic E-state index is 10.9. The Morgan fingerprint density at radius 1 is 1.26 bits per heavy atom. The van der Waals surface area contributed by atoms with E-state index in [2.05, 4.69) is 10.2 Å². The monoisotopic (exact) mass is 269 g/mol. The Morgan fingerprint density at radius 3 is 2.63 bits per heavy atom. The second-order valence-corrected chi connectivity index (χ2v) is 6.09. The number of likely N-dealkylation sites (tertiary alicyclic amines) is 1. The first-order valence-corrected chi connectivity index (χ1v) is 7.57. The SMILES string of the molecule is NCCN1CC(CC(=O)O)CC(NC2CCCC2)C1. The van der Waals surface area contributed by atoms with Crippen LogP contribution < -0.4 is 11.1 Å². The normalized spacial score (nSPS) is 29.7. The molecule has 2 fully saturated rings. The van der Waals surface area contributed by atoms with E-state index in [4.69, 9.17) is 10.8 Å². The van der Waals surface area contributed by atoms with Crippen LogP contribution in [0, 0.1) is 5.92 Å².